The molecule has 2 atom stereocenters. The van der Waals surface area contributed by atoms with Crippen LogP contribution in [0.2, 0.25) is 0 Å². The molecule has 0 aliphatic heterocycles. The molecule has 0 radical (unpaired) electrons. The van der Waals surface area contributed by atoms with Crippen LogP contribution in [-0.2, 0) is 19.1 Å². The lowest BCUT2D eigenvalue weighted by atomic mass is 9.93. The van der Waals surface area contributed by atoms with Crippen LogP contribution in [0.4, 0.5) is 0 Å². The third-order valence-corrected chi connectivity index (χ3v) is 4.80. The van der Waals surface area contributed by atoms with E-state index in [1.54, 1.807) is 30.3 Å². The van der Waals surface area contributed by atoms with E-state index in [4.69, 9.17) is 0 Å². The Kier molecular flexibility index (Phi) is 7.88. The van der Waals surface area contributed by atoms with E-state index in [1.165, 1.54) is 7.11 Å². The van der Waals surface area contributed by atoms with Crippen LogP contribution in [0.1, 0.15) is 56.6 Å². The van der Waals surface area contributed by atoms with Crippen LogP contribution in [0.5, 0.6) is 0 Å². The van der Waals surface area contributed by atoms with E-state index < -0.39 is 18.0 Å². The molecule has 0 spiro atoms. The SMILES string of the molecule is COC(=O)CCCCCCC1=C(C(O)C(O)c2ccccc2)C(=O)CC1=O. The molecule has 0 saturated heterocycles. The second kappa shape index (κ2) is 10.1. The summed E-state index contributed by atoms with van der Waals surface area (Å²) in [5, 5.41) is 20.9. The van der Waals surface area contributed by atoms with E-state index >= 15 is 0 Å². The van der Waals surface area contributed by atoms with Crippen LogP contribution in [-0.4, -0.2) is 41.0 Å². The molecule has 1 aromatic rings. The first kappa shape index (κ1) is 21.0. The third-order valence-electron chi connectivity index (χ3n) is 4.80. The van der Waals surface area contributed by atoms with Crippen LogP contribution in [0.3, 0.4) is 0 Å². The summed E-state index contributed by atoms with van der Waals surface area (Å²) in [6, 6.07) is 8.58. The van der Waals surface area contributed by atoms with Crippen molar-refractivity contribution < 1.29 is 29.3 Å². The lowest BCUT2D eigenvalue weighted by molar-refractivity contribution is -0.140. The first-order valence-electron chi connectivity index (χ1n) is 9.23. The van der Waals surface area contributed by atoms with Crippen LogP contribution in [0.25, 0.3) is 0 Å². The number of hydrogen-bond acceptors (Lipinski definition) is 6. The number of benzene rings is 1. The molecule has 0 amide bonds. The largest absolute Gasteiger partial charge is 0.469 e. The summed E-state index contributed by atoms with van der Waals surface area (Å²) in [7, 11) is 1.36. The van der Waals surface area contributed by atoms with Crippen molar-refractivity contribution in [3.05, 3.63) is 47.0 Å². The van der Waals surface area contributed by atoms with E-state index in [0.29, 0.717) is 36.8 Å². The zero-order valence-corrected chi connectivity index (χ0v) is 15.5. The smallest absolute Gasteiger partial charge is 0.305 e. The zero-order valence-electron chi connectivity index (χ0n) is 15.5. The summed E-state index contributed by atoms with van der Waals surface area (Å²) < 4.78 is 4.58. The van der Waals surface area contributed by atoms with Crippen LogP contribution >= 0.6 is 0 Å². The zero-order chi connectivity index (χ0) is 19.8. The Labute approximate surface area is 158 Å². The highest BCUT2D eigenvalue weighted by Crippen LogP contribution is 2.32. The molecular formula is C21H26O6. The van der Waals surface area contributed by atoms with Gasteiger partial charge in [0.05, 0.1) is 13.5 Å². The predicted molar refractivity (Wildman–Crippen MR) is 98.8 cm³/mol. The number of methoxy groups -OCH3 is 1. The van der Waals surface area contributed by atoms with Crippen molar-refractivity contribution >= 4 is 17.5 Å². The van der Waals surface area contributed by atoms with E-state index in [9.17, 15) is 24.6 Å². The summed E-state index contributed by atoms with van der Waals surface area (Å²) in [4.78, 5) is 35.5. The second-order valence-electron chi connectivity index (χ2n) is 6.71. The molecule has 0 fully saturated rings. The average molecular weight is 374 g/mol. The molecular weight excluding hydrogens is 348 g/mol. The number of ketones is 2. The molecule has 1 aromatic carbocycles. The first-order valence-corrected chi connectivity index (χ1v) is 9.23. The fourth-order valence-electron chi connectivity index (χ4n) is 3.30. The van der Waals surface area contributed by atoms with Gasteiger partial charge in [-0.1, -0.05) is 43.2 Å². The molecule has 27 heavy (non-hydrogen) atoms. The van der Waals surface area contributed by atoms with Gasteiger partial charge in [0.15, 0.2) is 11.6 Å². The number of ether oxygens (including phenoxy) is 1. The fourth-order valence-corrected chi connectivity index (χ4v) is 3.30. The highest BCUT2D eigenvalue weighted by atomic mass is 16.5. The summed E-state index contributed by atoms with van der Waals surface area (Å²) in [5.41, 5.74) is 0.869. The van der Waals surface area contributed by atoms with E-state index in [0.717, 1.165) is 12.8 Å². The van der Waals surface area contributed by atoms with E-state index in [-0.39, 0.29) is 23.7 Å². The molecule has 2 unspecified atom stereocenters. The molecule has 1 aliphatic rings. The van der Waals surface area contributed by atoms with Crippen molar-refractivity contribution in [2.45, 2.75) is 57.2 Å². The maximum absolute atomic E-state index is 12.2. The average Bonchev–Trinajstić information content (AvgIpc) is 2.96. The minimum absolute atomic E-state index is 0.0471. The van der Waals surface area contributed by atoms with Crippen LogP contribution in [0.15, 0.2) is 41.5 Å². The Balaban J connectivity index is 1.98. The van der Waals surface area contributed by atoms with Gasteiger partial charge in [-0.2, -0.15) is 0 Å². The third kappa shape index (κ3) is 5.58. The second-order valence-corrected chi connectivity index (χ2v) is 6.71. The minimum atomic E-state index is -1.42. The topological polar surface area (TPSA) is 101 Å². The highest BCUT2D eigenvalue weighted by molar-refractivity contribution is 6.22. The van der Waals surface area contributed by atoms with Gasteiger partial charge in [0.2, 0.25) is 0 Å². The normalized spacial score (nSPS) is 16.6. The van der Waals surface area contributed by atoms with Gasteiger partial charge >= 0.3 is 5.97 Å². The molecule has 146 valence electrons. The Morgan fingerprint density at radius 3 is 2.33 bits per heavy atom. The van der Waals surface area contributed by atoms with Crippen molar-refractivity contribution in [3.8, 4) is 0 Å². The number of allylic oxidation sites excluding steroid dienone is 1. The number of Topliss-reactive ketones (excluding diaryl/α,β-unsaturated/α-hetero) is 2. The number of aliphatic hydroxyl groups is 2. The maximum atomic E-state index is 12.2. The molecule has 6 heteroatoms. The molecule has 0 heterocycles. The molecule has 1 aliphatic carbocycles. The first-order chi connectivity index (χ1) is 13.0. The number of carbonyl (C=O) groups excluding carboxylic acids is 3. The monoisotopic (exact) mass is 374 g/mol. The molecule has 2 rings (SSSR count). The summed E-state index contributed by atoms with van der Waals surface area (Å²) in [5.74, 6) is -0.929. The Bertz CT molecular complexity index is 707. The van der Waals surface area contributed by atoms with Gasteiger partial charge in [-0.25, -0.2) is 0 Å². The molecule has 0 aromatic heterocycles. The Morgan fingerprint density at radius 2 is 1.67 bits per heavy atom. The number of carbonyl (C=O) groups is 3. The van der Waals surface area contributed by atoms with Gasteiger partial charge in [-0.3, -0.25) is 14.4 Å². The van der Waals surface area contributed by atoms with Crippen LogP contribution < -0.4 is 0 Å². The van der Waals surface area contributed by atoms with Crippen molar-refractivity contribution in [2.75, 3.05) is 7.11 Å². The number of aliphatic hydroxyl groups excluding tert-OH is 2. The molecule has 0 bridgehead atoms. The Morgan fingerprint density at radius 1 is 1.00 bits per heavy atom. The van der Waals surface area contributed by atoms with Gasteiger partial charge in [0.1, 0.15) is 12.2 Å². The van der Waals surface area contributed by atoms with Crippen molar-refractivity contribution in [2.24, 2.45) is 0 Å². The lowest BCUT2D eigenvalue weighted by Gasteiger charge is -2.20. The van der Waals surface area contributed by atoms with Gasteiger partial charge in [0, 0.05) is 17.6 Å². The summed E-state index contributed by atoms with van der Waals surface area (Å²) in [6.45, 7) is 0. The van der Waals surface area contributed by atoms with Gasteiger partial charge in [-0.15, -0.1) is 0 Å². The molecule has 0 saturated carbocycles. The maximum Gasteiger partial charge on any atom is 0.305 e. The van der Waals surface area contributed by atoms with Crippen molar-refractivity contribution in [3.63, 3.8) is 0 Å². The van der Waals surface area contributed by atoms with Gasteiger partial charge in [-0.05, 0) is 24.8 Å². The number of unbranched alkanes of at least 4 members (excludes halogenated alkanes) is 3. The lowest BCUT2D eigenvalue weighted by Crippen LogP contribution is -2.24. The van der Waals surface area contributed by atoms with Crippen LogP contribution in [0, 0.1) is 0 Å². The molecule has 2 N–H and O–H groups in total. The van der Waals surface area contributed by atoms with Gasteiger partial charge < -0.3 is 14.9 Å². The van der Waals surface area contributed by atoms with Gasteiger partial charge in [0.25, 0.3) is 0 Å². The van der Waals surface area contributed by atoms with E-state index in [1.807, 2.05) is 0 Å². The molecule has 6 nitrogen and oxygen atoms in total. The summed E-state index contributed by atoms with van der Waals surface area (Å²) in [6.07, 6.45) is 0.827. The predicted octanol–water partition coefficient (Wildman–Crippen LogP) is 2.43. The highest BCUT2D eigenvalue weighted by Gasteiger charge is 2.37. The number of hydrogen-bond donors (Lipinski definition) is 2. The fraction of sp³-hybridized carbons (Fsp3) is 0.476. The minimum Gasteiger partial charge on any atom is -0.469 e. The Hall–Kier alpha value is -2.31. The standard InChI is InChI=1S/C21H26O6/c1-27-18(24)12-8-3-2-7-11-15-16(22)13-17(23)19(15)21(26)20(25)14-9-5-4-6-10-14/h4-6,9-10,20-21,25-26H,2-3,7-8,11-13H2,1H3. The number of rotatable bonds is 10. The van der Waals surface area contributed by atoms with Crippen molar-refractivity contribution in [1.82, 2.24) is 0 Å². The van der Waals surface area contributed by atoms with Crippen molar-refractivity contribution in [1.29, 1.82) is 0 Å². The van der Waals surface area contributed by atoms with E-state index in [2.05, 4.69) is 4.74 Å². The number of esters is 1. The quantitative estimate of drug-likeness (QED) is 0.371. The summed E-state index contributed by atoms with van der Waals surface area (Å²) >= 11 is 0.